The molecule has 22 heavy (non-hydrogen) atoms. The highest BCUT2D eigenvalue weighted by Crippen LogP contribution is 2.26. The van der Waals surface area contributed by atoms with Crippen LogP contribution in [0.15, 0.2) is 29.5 Å². The van der Waals surface area contributed by atoms with Crippen LogP contribution in [0.3, 0.4) is 0 Å². The largest absolute Gasteiger partial charge is 0.268 e. The molecule has 114 valence electrons. The summed E-state index contributed by atoms with van der Waals surface area (Å²) in [4.78, 5) is 16.8. The number of H-pyrrole nitrogens is 1. The van der Waals surface area contributed by atoms with Gasteiger partial charge in [-0.1, -0.05) is 20.8 Å². The number of benzene rings is 1. The van der Waals surface area contributed by atoms with E-state index in [1.165, 1.54) is 17.0 Å². The highest BCUT2D eigenvalue weighted by Gasteiger charge is 2.19. The van der Waals surface area contributed by atoms with Crippen LogP contribution in [-0.4, -0.2) is 19.7 Å². The van der Waals surface area contributed by atoms with E-state index < -0.39 is 5.82 Å². The molecule has 0 aliphatic rings. The summed E-state index contributed by atoms with van der Waals surface area (Å²) in [6.07, 6.45) is 2.95. The molecule has 0 fully saturated rings. The first kappa shape index (κ1) is 14.4. The molecule has 2 aromatic heterocycles. The highest BCUT2D eigenvalue weighted by atomic mass is 19.1. The molecule has 1 aromatic carbocycles. The van der Waals surface area contributed by atoms with Crippen LogP contribution in [0, 0.1) is 12.7 Å². The van der Waals surface area contributed by atoms with Gasteiger partial charge in [0.05, 0.1) is 11.6 Å². The smallest absolute Gasteiger partial charge is 0.267 e. The Balaban J connectivity index is 2.35. The van der Waals surface area contributed by atoms with Crippen molar-refractivity contribution in [3.63, 3.8) is 0 Å². The standard InChI is InChI=1S/C16H17FN4O/c1-9-7-19-20-14(9)21-8-18-13-11(15(21)22)5-10(6-12(13)17)16(2,3)4/h5-8H,1-4H3,(H,19,20). The molecule has 2 heterocycles. The number of rotatable bonds is 1. The van der Waals surface area contributed by atoms with Crippen molar-refractivity contribution < 1.29 is 4.39 Å². The first-order valence-electron chi connectivity index (χ1n) is 7.01. The summed E-state index contributed by atoms with van der Waals surface area (Å²) in [5, 5.41) is 6.94. The maximum Gasteiger partial charge on any atom is 0.267 e. The molecule has 3 rings (SSSR count). The molecule has 0 saturated carbocycles. The second-order valence-electron chi connectivity index (χ2n) is 6.43. The third-order valence-electron chi connectivity index (χ3n) is 3.72. The van der Waals surface area contributed by atoms with Crippen molar-refractivity contribution in [2.24, 2.45) is 0 Å². The van der Waals surface area contributed by atoms with E-state index in [2.05, 4.69) is 15.2 Å². The first-order chi connectivity index (χ1) is 10.3. The molecular weight excluding hydrogens is 283 g/mol. The molecule has 0 atom stereocenters. The summed E-state index contributed by atoms with van der Waals surface area (Å²) in [6.45, 7) is 7.76. The second-order valence-corrected chi connectivity index (χ2v) is 6.43. The fourth-order valence-corrected chi connectivity index (χ4v) is 2.37. The average Bonchev–Trinajstić information content (AvgIpc) is 2.85. The van der Waals surface area contributed by atoms with Crippen LogP contribution < -0.4 is 5.56 Å². The van der Waals surface area contributed by atoms with Gasteiger partial charge in [0.25, 0.3) is 5.56 Å². The van der Waals surface area contributed by atoms with Crippen LogP contribution in [0.4, 0.5) is 4.39 Å². The summed E-state index contributed by atoms with van der Waals surface area (Å²) in [5.74, 6) is 0.0639. The Morgan fingerprint density at radius 2 is 2.00 bits per heavy atom. The molecule has 5 nitrogen and oxygen atoms in total. The van der Waals surface area contributed by atoms with Crippen molar-refractivity contribution in [1.82, 2.24) is 19.7 Å². The number of hydrogen-bond donors (Lipinski definition) is 1. The van der Waals surface area contributed by atoms with Gasteiger partial charge in [-0.2, -0.15) is 5.10 Å². The third kappa shape index (κ3) is 2.20. The quantitative estimate of drug-likeness (QED) is 0.751. The Hall–Kier alpha value is -2.50. The number of nitrogens with zero attached hydrogens (tertiary/aromatic N) is 3. The van der Waals surface area contributed by atoms with Crippen molar-refractivity contribution in [1.29, 1.82) is 0 Å². The van der Waals surface area contributed by atoms with Crippen molar-refractivity contribution in [3.05, 3.63) is 52.0 Å². The fourth-order valence-electron chi connectivity index (χ4n) is 2.37. The fraction of sp³-hybridized carbons (Fsp3) is 0.312. The zero-order valence-corrected chi connectivity index (χ0v) is 12.9. The van der Waals surface area contributed by atoms with E-state index >= 15 is 0 Å². The normalized spacial score (nSPS) is 12.0. The summed E-state index contributed by atoms with van der Waals surface area (Å²) in [7, 11) is 0. The van der Waals surface area contributed by atoms with Crippen LogP contribution in [-0.2, 0) is 5.41 Å². The summed E-state index contributed by atoms with van der Waals surface area (Å²) < 4.78 is 15.6. The van der Waals surface area contributed by atoms with Gasteiger partial charge in [-0.3, -0.25) is 14.5 Å². The van der Waals surface area contributed by atoms with Crippen LogP contribution in [0.2, 0.25) is 0 Å². The van der Waals surface area contributed by atoms with Crippen molar-refractivity contribution in [2.75, 3.05) is 0 Å². The lowest BCUT2D eigenvalue weighted by Gasteiger charge is -2.19. The number of nitrogens with one attached hydrogen (secondary N) is 1. The SMILES string of the molecule is Cc1cn[nH]c1-n1cnc2c(F)cc(C(C)(C)C)cc2c1=O. The van der Waals surface area contributed by atoms with Crippen molar-refractivity contribution in [2.45, 2.75) is 33.1 Å². The minimum atomic E-state index is -0.479. The minimum absolute atomic E-state index is 0.0893. The van der Waals surface area contributed by atoms with E-state index in [1.807, 2.05) is 27.7 Å². The Kier molecular flexibility index (Phi) is 3.12. The van der Waals surface area contributed by atoms with Gasteiger partial charge in [-0.25, -0.2) is 9.37 Å². The lowest BCUT2D eigenvalue weighted by Crippen LogP contribution is -2.21. The molecule has 0 amide bonds. The monoisotopic (exact) mass is 300 g/mol. The van der Waals surface area contributed by atoms with E-state index in [9.17, 15) is 9.18 Å². The molecule has 0 saturated heterocycles. The van der Waals surface area contributed by atoms with Gasteiger partial charge >= 0.3 is 0 Å². The maximum absolute atomic E-state index is 14.3. The number of hydrogen-bond acceptors (Lipinski definition) is 3. The Labute approximate surface area is 126 Å². The molecule has 0 bridgehead atoms. The van der Waals surface area contributed by atoms with Crippen LogP contribution in [0.5, 0.6) is 0 Å². The zero-order valence-electron chi connectivity index (χ0n) is 12.9. The highest BCUT2D eigenvalue weighted by molar-refractivity contribution is 5.79. The number of fused-ring (bicyclic) bond motifs is 1. The number of aryl methyl sites for hydroxylation is 1. The van der Waals surface area contributed by atoms with Gasteiger partial charge in [0.2, 0.25) is 0 Å². The maximum atomic E-state index is 14.3. The third-order valence-corrected chi connectivity index (χ3v) is 3.72. The van der Waals surface area contributed by atoms with E-state index in [0.717, 1.165) is 11.1 Å². The average molecular weight is 300 g/mol. The molecule has 0 spiro atoms. The summed E-state index contributed by atoms with van der Waals surface area (Å²) >= 11 is 0. The van der Waals surface area contributed by atoms with E-state index in [-0.39, 0.29) is 21.9 Å². The lowest BCUT2D eigenvalue weighted by atomic mass is 9.86. The lowest BCUT2D eigenvalue weighted by molar-refractivity contribution is 0.575. The molecule has 1 N–H and O–H groups in total. The Bertz CT molecular complexity index is 918. The second kappa shape index (κ2) is 4.76. The van der Waals surface area contributed by atoms with Gasteiger partial charge in [-0.15, -0.1) is 0 Å². The molecule has 6 heteroatoms. The summed E-state index contributed by atoms with van der Waals surface area (Å²) in [5.41, 5.74) is 1.09. The van der Waals surface area contributed by atoms with Gasteiger partial charge < -0.3 is 0 Å². The van der Waals surface area contributed by atoms with E-state index in [0.29, 0.717) is 5.82 Å². The predicted molar refractivity (Wildman–Crippen MR) is 82.9 cm³/mol. The molecule has 0 unspecified atom stereocenters. The molecule has 0 aliphatic heterocycles. The van der Waals surface area contributed by atoms with Gasteiger partial charge in [0.15, 0.2) is 0 Å². The number of halogens is 1. The predicted octanol–water partition coefficient (Wildman–Crippen LogP) is 2.85. The summed E-state index contributed by atoms with van der Waals surface area (Å²) in [6, 6.07) is 3.16. The van der Waals surface area contributed by atoms with Crippen molar-refractivity contribution in [3.8, 4) is 5.82 Å². The molecule has 0 aliphatic carbocycles. The number of aromatic nitrogens is 4. The van der Waals surface area contributed by atoms with Crippen LogP contribution >= 0.6 is 0 Å². The Morgan fingerprint density at radius 3 is 2.59 bits per heavy atom. The van der Waals surface area contributed by atoms with E-state index in [1.54, 1.807) is 12.3 Å². The molecule has 3 aromatic rings. The number of aromatic amines is 1. The van der Waals surface area contributed by atoms with Gasteiger partial charge in [-0.05, 0) is 30.0 Å². The van der Waals surface area contributed by atoms with Crippen LogP contribution in [0.1, 0.15) is 31.9 Å². The topological polar surface area (TPSA) is 63.6 Å². The van der Waals surface area contributed by atoms with Gasteiger partial charge in [0, 0.05) is 5.56 Å². The molecular formula is C16H17FN4O. The first-order valence-corrected chi connectivity index (χ1v) is 7.01. The Morgan fingerprint density at radius 1 is 1.27 bits per heavy atom. The van der Waals surface area contributed by atoms with Gasteiger partial charge in [0.1, 0.15) is 23.5 Å². The van der Waals surface area contributed by atoms with E-state index in [4.69, 9.17) is 0 Å². The molecule has 0 radical (unpaired) electrons. The van der Waals surface area contributed by atoms with Crippen LogP contribution in [0.25, 0.3) is 16.7 Å². The minimum Gasteiger partial charge on any atom is -0.268 e. The van der Waals surface area contributed by atoms with Crippen molar-refractivity contribution >= 4 is 10.9 Å². The zero-order chi connectivity index (χ0) is 16.1.